The van der Waals surface area contributed by atoms with E-state index >= 15 is 0 Å². The van der Waals surface area contributed by atoms with Crippen LogP contribution in [0.1, 0.15) is 23.6 Å². The number of thiocarbonyl (C=S) groups is 1. The summed E-state index contributed by atoms with van der Waals surface area (Å²) in [6.07, 6.45) is -4.03. The summed E-state index contributed by atoms with van der Waals surface area (Å²) in [5, 5.41) is 2.15. The van der Waals surface area contributed by atoms with E-state index in [1.807, 2.05) is 25.1 Å². The summed E-state index contributed by atoms with van der Waals surface area (Å²) in [5.41, 5.74) is 3.94. The van der Waals surface area contributed by atoms with Gasteiger partial charge in [0, 0.05) is 11.1 Å². The number of aliphatic imine (C=N–C) groups is 1. The summed E-state index contributed by atoms with van der Waals surface area (Å²) in [7, 11) is 0. The third kappa shape index (κ3) is 6.02. The maximum Gasteiger partial charge on any atom is 0.573 e. The monoisotopic (exact) mass is 441 g/mol. The molecule has 2 nitrogen and oxygen atoms in total. The molecule has 0 saturated heterocycles. The van der Waals surface area contributed by atoms with Crippen LogP contribution in [0, 0.1) is 17.7 Å². The Morgan fingerprint density at radius 1 is 0.935 bits per heavy atom. The van der Waals surface area contributed by atoms with Crippen LogP contribution in [0.4, 0.5) is 23.2 Å². The SMILES string of the molecule is CCc1cc(-c2ccc(N=C=S)c(F)c2)ccc1C#Cc1ccc(OC(F)(F)F)cc1. The van der Waals surface area contributed by atoms with E-state index in [0.29, 0.717) is 17.5 Å². The number of ether oxygens (including phenoxy) is 1. The Kier molecular flexibility index (Phi) is 6.86. The molecule has 0 fully saturated rings. The van der Waals surface area contributed by atoms with Gasteiger partial charge in [0.1, 0.15) is 17.3 Å². The van der Waals surface area contributed by atoms with Crippen LogP contribution in [-0.4, -0.2) is 11.5 Å². The predicted octanol–water partition coefficient (Wildman–Crippen LogP) is 7.09. The number of halogens is 4. The number of nitrogens with zero attached hydrogens (tertiary/aromatic N) is 1. The highest BCUT2D eigenvalue weighted by atomic mass is 32.1. The van der Waals surface area contributed by atoms with Crippen molar-refractivity contribution in [3.63, 3.8) is 0 Å². The predicted molar refractivity (Wildman–Crippen MR) is 115 cm³/mol. The van der Waals surface area contributed by atoms with Crippen molar-refractivity contribution >= 4 is 23.1 Å². The molecule has 0 saturated carbocycles. The van der Waals surface area contributed by atoms with Gasteiger partial charge in [0.15, 0.2) is 0 Å². The molecule has 0 amide bonds. The summed E-state index contributed by atoms with van der Waals surface area (Å²) < 4.78 is 54.7. The van der Waals surface area contributed by atoms with Gasteiger partial charge in [-0.1, -0.05) is 30.9 Å². The van der Waals surface area contributed by atoms with E-state index in [-0.39, 0.29) is 11.4 Å². The van der Waals surface area contributed by atoms with E-state index in [2.05, 4.69) is 38.9 Å². The van der Waals surface area contributed by atoms with E-state index < -0.39 is 12.2 Å². The van der Waals surface area contributed by atoms with Crippen molar-refractivity contribution in [2.24, 2.45) is 4.99 Å². The van der Waals surface area contributed by atoms with Gasteiger partial charge in [-0.05, 0) is 83.9 Å². The molecule has 0 radical (unpaired) electrons. The molecular weight excluding hydrogens is 426 g/mol. The largest absolute Gasteiger partial charge is 0.573 e. The van der Waals surface area contributed by atoms with Gasteiger partial charge in [-0.15, -0.1) is 13.2 Å². The Morgan fingerprint density at radius 3 is 2.23 bits per heavy atom. The number of alkyl halides is 3. The van der Waals surface area contributed by atoms with Crippen LogP contribution in [0.25, 0.3) is 11.1 Å². The maximum absolute atomic E-state index is 14.1. The van der Waals surface area contributed by atoms with Crippen molar-refractivity contribution < 1.29 is 22.3 Å². The van der Waals surface area contributed by atoms with Gasteiger partial charge in [-0.25, -0.2) is 4.39 Å². The van der Waals surface area contributed by atoms with Crippen LogP contribution in [0.5, 0.6) is 5.75 Å². The first kappa shape index (κ1) is 22.2. The quantitative estimate of drug-likeness (QED) is 0.187. The van der Waals surface area contributed by atoms with Crippen LogP contribution in [0.15, 0.2) is 65.7 Å². The number of rotatable bonds is 4. The molecule has 0 aliphatic heterocycles. The molecule has 0 atom stereocenters. The third-order valence-corrected chi connectivity index (χ3v) is 4.45. The fourth-order valence-electron chi connectivity index (χ4n) is 2.89. The maximum atomic E-state index is 14.1. The molecule has 0 aliphatic rings. The molecule has 0 bridgehead atoms. The first-order valence-corrected chi connectivity index (χ1v) is 9.58. The van der Waals surface area contributed by atoms with Crippen molar-refractivity contribution in [3.8, 4) is 28.7 Å². The Hall–Kier alpha value is -3.46. The highest BCUT2D eigenvalue weighted by Gasteiger charge is 2.30. The molecule has 0 spiro atoms. The minimum atomic E-state index is -4.73. The van der Waals surface area contributed by atoms with Crippen LogP contribution in [0.2, 0.25) is 0 Å². The first-order valence-electron chi connectivity index (χ1n) is 9.17. The minimum absolute atomic E-state index is 0.128. The molecule has 0 aromatic heterocycles. The fourth-order valence-corrected chi connectivity index (χ4v) is 2.99. The molecule has 0 unspecified atom stereocenters. The van der Waals surface area contributed by atoms with E-state index in [1.54, 1.807) is 6.07 Å². The summed E-state index contributed by atoms with van der Waals surface area (Å²) in [6.45, 7) is 1.98. The molecule has 156 valence electrons. The van der Waals surface area contributed by atoms with Gasteiger partial charge < -0.3 is 4.74 Å². The van der Waals surface area contributed by atoms with E-state index in [4.69, 9.17) is 0 Å². The zero-order valence-electron chi connectivity index (χ0n) is 16.3. The lowest BCUT2D eigenvalue weighted by molar-refractivity contribution is -0.274. The Balaban J connectivity index is 1.85. The highest BCUT2D eigenvalue weighted by molar-refractivity contribution is 7.78. The van der Waals surface area contributed by atoms with Crippen molar-refractivity contribution in [2.45, 2.75) is 19.7 Å². The normalized spacial score (nSPS) is 10.6. The topological polar surface area (TPSA) is 21.6 Å². The second-order valence-corrected chi connectivity index (χ2v) is 6.60. The molecule has 0 N–H and O–H groups in total. The van der Waals surface area contributed by atoms with Crippen LogP contribution in [-0.2, 0) is 6.42 Å². The number of benzene rings is 3. The molecule has 0 heterocycles. The molecule has 3 aromatic carbocycles. The highest BCUT2D eigenvalue weighted by Crippen LogP contribution is 2.28. The third-order valence-electron chi connectivity index (χ3n) is 4.36. The van der Waals surface area contributed by atoms with Crippen LogP contribution in [0.3, 0.4) is 0 Å². The van der Waals surface area contributed by atoms with Gasteiger partial charge >= 0.3 is 6.36 Å². The van der Waals surface area contributed by atoms with Crippen molar-refractivity contribution in [1.29, 1.82) is 0 Å². The fraction of sp³-hybridized carbons (Fsp3) is 0.125. The van der Waals surface area contributed by atoms with Crippen LogP contribution < -0.4 is 4.74 Å². The summed E-state index contributed by atoms with van der Waals surface area (Å²) in [6, 6.07) is 15.6. The second-order valence-electron chi connectivity index (χ2n) is 6.42. The average molecular weight is 441 g/mol. The van der Waals surface area contributed by atoms with Crippen molar-refractivity contribution in [1.82, 2.24) is 0 Å². The number of aryl methyl sites for hydroxylation is 1. The molecular formula is C24H15F4NOS. The molecule has 3 aromatic rings. The Labute approximate surface area is 182 Å². The summed E-state index contributed by atoms with van der Waals surface area (Å²) in [4.78, 5) is 3.67. The van der Waals surface area contributed by atoms with Crippen molar-refractivity contribution in [2.75, 3.05) is 0 Å². The standard InChI is InChI=1S/C24H15F4NOS/c1-2-17-13-19(20-9-12-23(29-15-31)22(25)14-20)8-7-18(17)6-3-16-4-10-21(11-5-16)30-24(26,27)28/h4-5,7-14H,2H2,1H3. The summed E-state index contributed by atoms with van der Waals surface area (Å²) in [5.74, 6) is 5.19. The molecule has 0 aliphatic carbocycles. The van der Waals surface area contributed by atoms with E-state index in [1.165, 1.54) is 36.4 Å². The summed E-state index contributed by atoms with van der Waals surface area (Å²) >= 11 is 4.51. The van der Waals surface area contributed by atoms with Gasteiger partial charge in [0.05, 0.1) is 5.16 Å². The zero-order valence-corrected chi connectivity index (χ0v) is 17.1. The second kappa shape index (κ2) is 9.57. The Bertz CT molecular complexity index is 1200. The van der Waals surface area contributed by atoms with E-state index in [0.717, 1.165) is 16.7 Å². The lowest BCUT2D eigenvalue weighted by Gasteiger charge is -2.08. The molecule has 3 rings (SSSR count). The van der Waals surface area contributed by atoms with Gasteiger partial charge in [-0.2, -0.15) is 4.99 Å². The van der Waals surface area contributed by atoms with Gasteiger partial charge in [0.25, 0.3) is 0 Å². The number of hydrogen-bond donors (Lipinski definition) is 0. The molecule has 31 heavy (non-hydrogen) atoms. The van der Waals surface area contributed by atoms with Gasteiger partial charge in [0.2, 0.25) is 0 Å². The number of isothiocyanates is 1. The lowest BCUT2D eigenvalue weighted by Crippen LogP contribution is -2.16. The number of hydrogen-bond acceptors (Lipinski definition) is 3. The van der Waals surface area contributed by atoms with Gasteiger partial charge in [-0.3, -0.25) is 0 Å². The Morgan fingerprint density at radius 2 is 1.61 bits per heavy atom. The average Bonchev–Trinajstić information content (AvgIpc) is 2.73. The molecule has 7 heteroatoms. The van der Waals surface area contributed by atoms with E-state index in [9.17, 15) is 17.6 Å². The van der Waals surface area contributed by atoms with Crippen LogP contribution >= 0.6 is 12.2 Å². The minimum Gasteiger partial charge on any atom is -0.406 e. The smallest absolute Gasteiger partial charge is 0.406 e. The zero-order chi connectivity index (χ0) is 22.4. The van der Waals surface area contributed by atoms with Crippen molar-refractivity contribution in [3.05, 3.63) is 83.2 Å². The first-order chi connectivity index (χ1) is 14.8. The lowest BCUT2D eigenvalue weighted by atomic mass is 9.97.